The largest absolute Gasteiger partial charge is 0.417 e. The molecule has 10 heteroatoms. The second-order valence-electron chi connectivity index (χ2n) is 15.6. The van der Waals surface area contributed by atoms with Crippen molar-refractivity contribution in [1.29, 1.82) is 0 Å². The standard InChI is InChI=1S/C44H56F3N3O3S/c1-32(2)43(42(51)35-16-10-17-36-26-37(44(45,46)47)28-48-39(36)19-18-35)22-20-38(27-43)54-50(40-21-25-53-31-41(40)52-3)24-11-23-49(29-33-12-6-4-7-13-33)30-34-14-8-5-9-15-34/h4-9,12-15,20,22,26,28,32,35,38,40-41H,10-11,16-19,21,23-25,27,29-31H2,1-3H3/t35?,38?,40-,41+,43-/m0/s1. The van der Waals surface area contributed by atoms with Gasteiger partial charge in [0.1, 0.15) is 5.78 Å². The number of aromatic nitrogens is 1. The number of carbonyl (C=O) groups is 1. The molecule has 0 radical (unpaired) electrons. The number of aryl methyl sites for hydroxylation is 2. The fourth-order valence-electron chi connectivity index (χ4n) is 8.56. The van der Waals surface area contributed by atoms with Crippen molar-refractivity contribution >= 4 is 17.7 Å². The number of ketones is 1. The van der Waals surface area contributed by atoms with E-state index in [1.165, 1.54) is 17.2 Å². The van der Waals surface area contributed by atoms with E-state index in [2.05, 4.69) is 101 Å². The Morgan fingerprint density at radius 2 is 1.70 bits per heavy atom. The molecule has 1 aliphatic heterocycles. The quantitative estimate of drug-likeness (QED) is 0.113. The van der Waals surface area contributed by atoms with Crippen LogP contribution in [-0.4, -0.2) is 70.8 Å². The van der Waals surface area contributed by atoms with Crippen LogP contribution in [0.5, 0.6) is 0 Å². The highest BCUT2D eigenvalue weighted by atomic mass is 32.2. The van der Waals surface area contributed by atoms with Gasteiger partial charge in [-0.1, -0.05) is 98.6 Å². The molecule has 0 saturated carbocycles. The third kappa shape index (κ3) is 10.2. The lowest BCUT2D eigenvalue weighted by molar-refractivity contribution is -0.138. The van der Waals surface area contributed by atoms with Crippen LogP contribution in [0.25, 0.3) is 0 Å². The lowest BCUT2D eigenvalue weighted by atomic mass is 9.67. The fraction of sp³-hybridized carbons (Fsp3) is 0.545. The number of halogens is 3. The first kappa shape index (κ1) is 40.6. The summed E-state index contributed by atoms with van der Waals surface area (Å²) in [7, 11) is 1.77. The second-order valence-corrected chi connectivity index (χ2v) is 16.9. The number of benzene rings is 2. The van der Waals surface area contributed by atoms with Crippen LogP contribution in [-0.2, 0) is 46.4 Å². The van der Waals surface area contributed by atoms with Gasteiger partial charge in [0.05, 0.1) is 29.7 Å². The van der Waals surface area contributed by atoms with Gasteiger partial charge in [-0.05, 0) is 80.0 Å². The number of hydrogen-bond acceptors (Lipinski definition) is 7. The summed E-state index contributed by atoms with van der Waals surface area (Å²) in [5, 5.41) is 0.137. The van der Waals surface area contributed by atoms with Crippen LogP contribution in [0.2, 0.25) is 0 Å². The summed E-state index contributed by atoms with van der Waals surface area (Å²) in [5.41, 5.74) is 2.68. The number of alkyl halides is 3. The van der Waals surface area contributed by atoms with Crippen molar-refractivity contribution in [2.24, 2.45) is 17.3 Å². The second kappa shape index (κ2) is 18.7. The zero-order valence-corrected chi connectivity index (χ0v) is 32.8. The van der Waals surface area contributed by atoms with Crippen LogP contribution in [0.4, 0.5) is 13.2 Å². The average Bonchev–Trinajstić information content (AvgIpc) is 3.60. The molecule has 0 bridgehead atoms. The number of allylic oxidation sites excluding steroid dienone is 1. The van der Waals surface area contributed by atoms with Gasteiger partial charge in [0.25, 0.3) is 0 Å². The molecular formula is C44H56F3N3O3S. The zero-order valence-electron chi connectivity index (χ0n) is 32.0. The fourth-order valence-corrected chi connectivity index (χ4v) is 10.0. The molecule has 2 heterocycles. The number of pyridine rings is 1. The van der Waals surface area contributed by atoms with Crippen molar-refractivity contribution in [2.45, 2.75) is 102 Å². The van der Waals surface area contributed by atoms with Crippen molar-refractivity contribution in [3.8, 4) is 0 Å². The Balaban J connectivity index is 1.13. The Kier molecular flexibility index (Phi) is 14.1. The smallest absolute Gasteiger partial charge is 0.379 e. The number of Topliss-reactive ketones (excluding diaryl/α,β-unsaturated/α-hetero) is 1. The lowest BCUT2D eigenvalue weighted by Crippen LogP contribution is -2.48. The van der Waals surface area contributed by atoms with Crippen molar-refractivity contribution in [2.75, 3.05) is 33.4 Å². The number of ether oxygens (including phenoxy) is 2. The first-order valence-electron chi connectivity index (χ1n) is 19.7. The van der Waals surface area contributed by atoms with E-state index >= 15 is 0 Å². The van der Waals surface area contributed by atoms with Gasteiger partial charge in [0, 0.05) is 63.0 Å². The van der Waals surface area contributed by atoms with E-state index < -0.39 is 17.2 Å². The van der Waals surface area contributed by atoms with E-state index in [-0.39, 0.29) is 35.0 Å². The molecule has 5 atom stereocenters. The third-order valence-electron chi connectivity index (χ3n) is 11.7. The molecular weight excluding hydrogens is 708 g/mol. The number of carbonyl (C=O) groups excluding carboxylic acids is 1. The maximum absolute atomic E-state index is 14.6. The van der Waals surface area contributed by atoms with Crippen LogP contribution >= 0.6 is 11.9 Å². The average molecular weight is 764 g/mol. The van der Waals surface area contributed by atoms with Gasteiger partial charge in [-0.2, -0.15) is 13.2 Å². The number of methoxy groups -OCH3 is 1. The summed E-state index contributed by atoms with van der Waals surface area (Å²) in [6.45, 7) is 9.14. The first-order chi connectivity index (χ1) is 26.1. The van der Waals surface area contributed by atoms with Crippen molar-refractivity contribution in [1.82, 2.24) is 14.2 Å². The Morgan fingerprint density at radius 3 is 2.35 bits per heavy atom. The summed E-state index contributed by atoms with van der Waals surface area (Å²) in [5.74, 6) is 0.240. The molecule has 2 unspecified atom stereocenters. The maximum Gasteiger partial charge on any atom is 0.417 e. The van der Waals surface area contributed by atoms with E-state index in [1.807, 2.05) is 11.9 Å². The minimum absolute atomic E-state index is 0.0310. The molecule has 1 saturated heterocycles. The van der Waals surface area contributed by atoms with E-state index in [0.717, 1.165) is 51.6 Å². The highest BCUT2D eigenvalue weighted by molar-refractivity contribution is 7.97. The van der Waals surface area contributed by atoms with E-state index in [9.17, 15) is 18.0 Å². The molecule has 0 N–H and O–H groups in total. The van der Waals surface area contributed by atoms with Gasteiger partial charge in [-0.25, -0.2) is 4.31 Å². The molecule has 292 valence electrons. The lowest BCUT2D eigenvalue weighted by Gasteiger charge is -2.40. The Labute approximate surface area is 324 Å². The van der Waals surface area contributed by atoms with Gasteiger partial charge < -0.3 is 9.47 Å². The molecule has 1 fully saturated rings. The van der Waals surface area contributed by atoms with Gasteiger partial charge in [0.2, 0.25) is 0 Å². The topological polar surface area (TPSA) is 54.9 Å². The van der Waals surface area contributed by atoms with E-state index in [0.29, 0.717) is 56.6 Å². The Bertz CT molecular complexity index is 1630. The number of hydrogen-bond donors (Lipinski definition) is 0. The van der Waals surface area contributed by atoms with Gasteiger partial charge in [-0.3, -0.25) is 14.7 Å². The van der Waals surface area contributed by atoms with Gasteiger partial charge >= 0.3 is 6.18 Å². The van der Waals surface area contributed by atoms with Gasteiger partial charge in [0.15, 0.2) is 0 Å². The van der Waals surface area contributed by atoms with Crippen LogP contribution in [0.3, 0.4) is 0 Å². The number of fused-ring (bicyclic) bond motifs is 1. The van der Waals surface area contributed by atoms with E-state index in [1.54, 1.807) is 7.11 Å². The van der Waals surface area contributed by atoms with Crippen molar-refractivity contribution in [3.63, 3.8) is 0 Å². The molecule has 2 aliphatic carbocycles. The molecule has 6 nitrogen and oxygen atoms in total. The van der Waals surface area contributed by atoms with Gasteiger partial charge in [-0.15, -0.1) is 0 Å². The molecule has 1 aromatic heterocycles. The molecule has 2 aromatic carbocycles. The van der Waals surface area contributed by atoms with Crippen molar-refractivity contribution < 1.29 is 27.4 Å². The molecule has 0 spiro atoms. The minimum Gasteiger partial charge on any atom is -0.379 e. The normalized spacial score (nSPS) is 24.8. The minimum atomic E-state index is -4.41. The third-order valence-corrected chi connectivity index (χ3v) is 13.0. The molecule has 54 heavy (non-hydrogen) atoms. The van der Waals surface area contributed by atoms with Crippen LogP contribution in [0.15, 0.2) is 85.1 Å². The summed E-state index contributed by atoms with van der Waals surface area (Å²) >= 11 is 1.86. The van der Waals surface area contributed by atoms with Crippen molar-refractivity contribution in [3.05, 3.63) is 113 Å². The number of rotatable bonds is 15. The van der Waals surface area contributed by atoms with Crippen LogP contribution in [0.1, 0.15) is 80.3 Å². The molecule has 3 aromatic rings. The summed E-state index contributed by atoms with van der Waals surface area (Å²) in [6, 6.07) is 22.8. The summed E-state index contributed by atoms with van der Waals surface area (Å²) in [6.07, 6.45) is 6.53. The predicted octanol–water partition coefficient (Wildman–Crippen LogP) is 9.37. The van der Waals surface area contributed by atoms with Crippen LogP contribution < -0.4 is 0 Å². The number of nitrogens with zero attached hydrogens (tertiary/aromatic N) is 3. The molecule has 6 rings (SSSR count). The highest BCUT2D eigenvalue weighted by Crippen LogP contribution is 2.48. The SMILES string of the molecule is CO[C@@H]1COCC[C@@H]1N(CCCN(Cc1ccccc1)Cc1ccccc1)SC1C=C[C@@](C(=O)C2CCCc3cc(C(F)(F)F)cnc3CC2)(C(C)C)C1. The Morgan fingerprint density at radius 1 is 1.00 bits per heavy atom. The van der Waals surface area contributed by atoms with E-state index in [4.69, 9.17) is 9.47 Å². The summed E-state index contributed by atoms with van der Waals surface area (Å²) < 4.78 is 54.5. The summed E-state index contributed by atoms with van der Waals surface area (Å²) in [4.78, 5) is 21.4. The maximum atomic E-state index is 14.6. The monoisotopic (exact) mass is 763 g/mol. The molecule has 3 aliphatic rings. The Hall–Kier alpha value is -3.02. The first-order valence-corrected chi connectivity index (χ1v) is 20.5. The predicted molar refractivity (Wildman–Crippen MR) is 210 cm³/mol. The molecule has 0 amide bonds. The zero-order chi connectivity index (χ0) is 38.1. The highest BCUT2D eigenvalue weighted by Gasteiger charge is 2.47. The van der Waals surface area contributed by atoms with Crippen LogP contribution in [0, 0.1) is 17.3 Å².